The number of nitrogens with zero attached hydrogens (tertiary/aromatic N) is 6. The molecule has 3 aliphatic rings. The Balaban J connectivity index is 1.24. The maximum absolute atomic E-state index is 5.12. The van der Waals surface area contributed by atoms with Gasteiger partial charge < -0.3 is 9.42 Å². The van der Waals surface area contributed by atoms with E-state index in [0.717, 1.165) is 38.5 Å². The molecule has 7 nitrogen and oxygen atoms in total. The molecule has 0 N–H and O–H groups in total. The normalized spacial score (nSPS) is 27.6. The average Bonchev–Trinajstić information content (AvgIpc) is 2.96. The molecule has 2 aliphatic heterocycles. The molecule has 0 amide bonds. The Hall–Kier alpha value is -2.02. The fourth-order valence-electron chi connectivity index (χ4n) is 4.00. The number of anilines is 1. The SMILES string of the molecule is c1nc(C2CC2)cc(N2CC3CN(Cc4ncno4)CC3C2)n1. The zero-order valence-electron chi connectivity index (χ0n) is 13.0. The molecule has 0 radical (unpaired) electrons. The molecule has 3 fully saturated rings. The van der Waals surface area contributed by atoms with Gasteiger partial charge in [-0.3, -0.25) is 4.90 Å². The Kier molecular flexibility index (Phi) is 3.07. The topological polar surface area (TPSA) is 71.2 Å². The Morgan fingerprint density at radius 3 is 2.52 bits per heavy atom. The number of fused-ring (bicyclic) bond motifs is 1. The van der Waals surface area contributed by atoms with E-state index in [1.807, 2.05) is 0 Å². The summed E-state index contributed by atoms with van der Waals surface area (Å²) in [4.78, 5) is 17.9. The molecule has 0 spiro atoms. The molecule has 5 rings (SSSR count). The third-order valence-corrected chi connectivity index (χ3v) is 5.32. The summed E-state index contributed by atoms with van der Waals surface area (Å²) in [7, 11) is 0. The summed E-state index contributed by atoms with van der Waals surface area (Å²) in [5.74, 6) is 3.92. The lowest BCUT2D eigenvalue weighted by atomic mass is 10.0. The highest BCUT2D eigenvalue weighted by Gasteiger charge is 2.41. The van der Waals surface area contributed by atoms with Crippen molar-refractivity contribution >= 4 is 5.82 Å². The molecule has 2 atom stereocenters. The lowest BCUT2D eigenvalue weighted by Gasteiger charge is -2.21. The van der Waals surface area contributed by atoms with E-state index in [-0.39, 0.29) is 0 Å². The van der Waals surface area contributed by atoms with Gasteiger partial charge in [0.05, 0.1) is 6.54 Å². The van der Waals surface area contributed by atoms with Gasteiger partial charge in [-0.25, -0.2) is 9.97 Å². The Labute approximate surface area is 134 Å². The van der Waals surface area contributed by atoms with Crippen LogP contribution in [0.2, 0.25) is 0 Å². The van der Waals surface area contributed by atoms with Crippen molar-refractivity contribution in [1.82, 2.24) is 25.0 Å². The molecular formula is C16H20N6O. The fourth-order valence-corrected chi connectivity index (χ4v) is 4.00. The maximum atomic E-state index is 5.12. The molecule has 2 unspecified atom stereocenters. The van der Waals surface area contributed by atoms with Crippen LogP contribution in [0.4, 0.5) is 5.82 Å². The molecule has 1 saturated carbocycles. The van der Waals surface area contributed by atoms with E-state index in [1.54, 1.807) is 6.33 Å². The second-order valence-electron chi connectivity index (χ2n) is 7.03. The van der Waals surface area contributed by atoms with Crippen molar-refractivity contribution in [1.29, 1.82) is 0 Å². The highest BCUT2D eigenvalue weighted by Crippen LogP contribution is 2.40. The van der Waals surface area contributed by atoms with Crippen LogP contribution in [-0.2, 0) is 6.54 Å². The fraction of sp³-hybridized carbons (Fsp3) is 0.625. The van der Waals surface area contributed by atoms with Gasteiger partial charge in [0.15, 0.2) is 6.33 Å². The summed E-state index contributed by atoms with van der Waals surface area (Å²) in [6.45, 7) is 5.15. The molecule has 2 aromatic heterocycles. The standard InChI is InChI=1S/C16H20N6O/c1-2-11(1)14-3-15(18-9-17-14)22-6-12-4-21(5-13(12)7-22)8-16-19-10-20-23-16/h3,9-13H,1-2,4-8H2. The zero-order valence-corrected chi connectivity index (χ0v) is 13.0. The van der Waals surface area contributed by atoms with E-state index in [9.17, 15) is 0 Å². The van der Waals surface area contributed by atoms with Gasteiger partial charge in [0.2, 0.25) is 5.89 Å². The minimum absolute atomic E-state index is 0.684. The van der Waals surface area contributed by atoms with E-state index < -0.39 is 0 Å². The summed E-state index contributed by atoms with van der Waals surface area (Å²) in [6, 6.07) is 2.20. The van der Waals surface area contributed by atoms with E-state index in [2.05, 4.69) is 36.0 Å². The molecular weight excluding hydrogens is 292 g/mol. The molecule has 4 heterocycles. The van der Waals surface area contributed by atoms with Crippen molar-refractivity contribution in [3.05, 3.63) is 30.3 Å². The van der Waals surface area contributed by atoms with Crippen molar-refractivity contribution in [2.45, 2.75) is 25.3 Å². The first-order valence-corrected chi connectivity index (χ1v) is 8.40. The van der Waals surface area contributed by atoms with Crippen molar-refractivity contribution in [2.75, 3.05) is 31.1 Å². The number of rotatable bonds is 4. The zero-order chi connectivity index (χ0) is 15.2. The average molecular weight is 312 g/mol. The second kappa shape index (κ2) is 5.26. The van der Waals surface area contributed by atoms with E-state index in [0.29, 0.717) is 23.6 Å². The quantitative estimate of drug-likeness (QED) is 0.842. The number of aromatic nitrogens is 4. The first-order valence-electron chi connectivity index (χ1n) is 8.40. The van der Waals surface area contributed by atoms with Crippen LogP contribution in [0.1, 0.15) is 30.3 Å². The molecule has 0 bridgehead atoms. The van der Waals surface area contributed by atoms with E-state index in [1.165, 1.54) is 24.9 Å². The number of hydrogen-bond acceptors (Lipinski definition) is 7. The van der Waals surface area contributed by atoms with E-state index in [4.69, 9.17) is 4.52 Å². The summed E-state index contributed by atoms with van der Waals surface area (Å²) in [6.07, 6.45) is 5.78. The van der Waals surface area contributed by atoms with Crippen LogP contribution < -0.4 is 4.90 Å². The Morgan fingerprint density at radius 1 is 1.00 bits per heavy atom. The molecule has 1 aliphatic carbocycles. The predicted molar refractivity (Wildman–Crippen MR) is 82.8 cm³/mol. The molecule has 2 saturated heterocycles. The molecule has 23 heavy (non-hydrogen) atoms. The summed E-state index contributed by atoms with van der Waals surface area (Å²) < 4.78 is 5.12. The Bertz CT molecular complexity index is 672. The van der Waals surface area contributed by atoms with Crippen molar-refractivity contribution < 1.29 is 4.52 Å². The van der Waals surface area contributed by atoms with Gasteiger partial charge in [0.25, 0.3) is 0 Å². The molecule has 2 aromatic rings. The maximum Gasteiger partial charge on any atom is 0.240 e. The van der Waals surface area contributed by atoms with Crippen LogP contribution >= 0.6 is 0 Å². The van der Waals surface area contributed by atoms with Gasteiger partial charge in [-0.05, 0) is 24.7 Å². The van der Waals surface area contributed by atoms with Crippen LogP contribution in [0.25, 0.3) is 0 Å². The third kappa shape index (κ3) is 2.59. The smallest absolute Gasteiger partial charge is 0.240 e. The lowest BCUT2D eigenvalue weighted by Crippen LogP contribution is -2.29. The van der Waals surface area contributed by atoms with Crippen LogP contribution in [0.3, 0.4) is 0 Å². The minimum Gasteiger partial charge on any atom is -0.356 e. The van der Waals surface area contributed by atoms with Gasteiger partial charge in [0.1, 0.15) is 12.1 Å². The van der Waals surface area contributed by atoms with Crippen molar-refractivity contribution in [2.24, 2.45) is 11.8 Å². The van der Waals surface area contributed by atoms with Crippen LogP contribution in [0, 0.1) is 11.8 Å². The highest BCUT2D eigenvalue weighted by molar-refractivity contribution is 5.42. The van der Waals surface area contributed by atoms with Gasteiger partial charge in [0, 0.05) is 43.9 Å². The second-order valence-corrected chi connectivity index (χ2v) is 7.03. The monoisotopic (exact) mass is 312 g/mol. The largest absolute Gasteiger partial charge is 0.356 e. The number of hydrogen-bond donors (Lipinski definition) is 0. The minimum atomic E-state index is 0.684. The highest BCUT2D eigenvalue weighted by atomic mass is 16.5. The van der Waals surface area contributed by atoms with E-state index >= 15 is 0 Å². The summed E-state index contributed by atoms with van der Waals surface area (Å²) >= 11 is 0. The van der Waals surface area contributed by atoms with Crippen molar-refractivity contribution in [3.8, 4) is 0 Å². The van der Waals surface area contributed by atoms with Crippen LogP contribution in [-0.4, -0.2) is 51.2 Å². The van der Waals surface area contributed by atoms with Gasteiger partial charge in [-0.1, -0.05) is 5.16 Å². The van der Waals surface area contributed by atoms with Gasteiger partial charge in [-0.2, -0.15) is 4.98 Å². The van der Waals surface area contributed by atoms with Gasteiger partial charge in [-0.15, -0.1) is 0 Å². The third-order valence-electron chi connectivity index (χ3n) is 5.32. The predicted octanol–water partition coefficient (Wildman–Crippen LogP) is 1.31. The van der Waals surface area contributed by atoms with Crippen LogP contribution in [0.5, 0.6) is 0 Å². The first kappa shape index (κ1) is 13.4. The molecule has 0 aromatic carbocycles. The van der Waals surface area contributed by atoms with Gasteiger partial charge >= 0.3 is 0 Å². The summed E-state index contributed by atoms with van der Waals surface area (Å²) in [5.41, 5.74) is 1.23. The first-order chi connectivity index (χ1) is 11.3. The number of likely N-dealkylation sites (tertiary alicyclic amines) is 1. The molecule has 7 heteroatoms. The summed E-state index contributed by atoms with van der Waals surface area (Å²) in [5, 5.41) is 3.68. The molecule has 120 valence electrons. The van der Waals surface area contributed by atoms with Crippen molar-refractivity contribution in [3.63, 3.8) is 0 Å². The Morgan fingerprint density at radius 2 is 1.83 bits per heavy atom. The lowest BCUT2D eigenvalue weighted by molar-refractivity contribution is 0.255. The van der Waals surface area contributed by atoms with Crippen LogP contribution in [0.15, 0.2) is 23.2 Å².